The first-order valence-electron chi connectivity index (χ1n) is 5.37. The van der Waals surface area contributed by atoms with Crippen molar-refractivity contribution in [2.45, 2.75) is 6.18 Å². The number of carboxylic acids is 1. The molecule has 104 valence electrons. The van der Waals surface area contributed by atoms with E-state index in [1.54, 1.807) is 0 Å². The fourth-order valence-corrected chi connectivity index (χ4v) is 1.69. The van der Waals surface area contributed by atoms with Crippen LogP contribution in [-0.4, -0.2) is 16.1 Å². The second-order valence-corrected chi connectivity index (χ2v) is 3.88. The molecule has 1 heterocycles. The zero-order valence-electron chi connectivity index (χ0n) is 9.78. The number of pyridine rings is 1. The Labute approximate surface area is 110 Å². The highest BCUT2D eigenvalue weighted by Crippen LogP contribution is 2.37. The topological polar surface area (TPSA) is 50.2 Å². The lowest BCUT2D eigenvalue weighted by Gasteiger charge is -2.12. The third-order valence-corrected chi connectivity index (χ3v) is 2.55. The highest BCUT2D eigenvalue weighted by atomic mass is 19.4. The van der Waals surface area contributed by atoms with Crippen LogP contribution < -0.4 is 0 Å². The summed E-state index contributed by atoms with van der Waals surface area (Å²) in [6.07, 6.45) is -4.69. The van der Waals surface area contributed by atoms with Crippen LogP contribution >= 0.6 is 0 Å². The van der Waals surface area contributed by atoms with E-state index in [0.29, 0.717) is 0 Å². The van der Waals surface area contributed by atoms with Crippen molar-refractivity contribution in [2.75, 3.05) is 0 Å². The fraction of sp³-hybridized carbons (Fsp3) is 0.0769. The molecule has 0 aliphatic rings. The first kappa shape index (κ1) is 14.0. The number of alkyl halides is 3. The summed E-state index contributed by atoms with van der Waals surface area (Å²) in [5.74, 6) is -2.47. The van der Waals surface area contributed by atoms with E-state index in [2.05, 4.69) is 4.98 Å². The molecule has 1 aromatic heterocycles. The quantitative estimate of drug-likeness (QED) is 0.858. The minimum absolute atomic E-state index is 0.499. The number of aromatic carboxylic acids is 1. The lowest BCUT2D eigenvalue weighted by molar-refractivity contribution is -0.137. The Kier molecular flexibility index (Phi) is 3.44. The Morgan fingerprint density at radius 2 is 1.75 bits per heavy atom. The summed E-state index contributed by atoms with van der Waals surface area (Å²) in [6.45, 7) is 0. The Morgan fingerprint density at radius 1 is 1.10 bits per heavy atom. The molecule has 0 saturated carbocycles. The van der Waals surface area contributed by atoms with Gasteiger partial charge in [-0.3, -0.25) is 0 Å². The van der Waals surface area contributed by atoms with Gasteiger partial charge in [-0.25, -0.2) is 14.2 Å². The van der Waals surface area contributed by atoms with Gasteiger partial charge in [0.2, 0.25) is 0 Å². The first-order valence-corrected chi connectivity index (χ1v) is 5.37. The molecule has 20 heavy (non-hydrogen) atoms. The third-order valence-electron chi connectivity index (χ3n) is 2.55. The molecule has 0 saturated heterocycles. The van der Waals surface area contributed by atoms with Gasteiger partial charge in [0.05, 0.1) is 5.56 Å². The minimum atomic E-state index is -4.69. The van der Waals surface area contributed by atoms with Crippen LogP contribution in [0.4, 0.5) is 17.6 Å². The van der Waals surface area contributed by atoms with Gasteiger partial charge in [0.1, 0.15) is 17.2 Å². The number of halogens is 4. The molecule has 0 radical (unpaired) electrons. The molecule has 1 aromatic carbocycles. The molecule has 0 atom stereocenters. The normalized spacial score (nSPS) is 11.4. The van der Waals surface area contributed by atoms with Gasteiger partial charge in [-0.05, 0) is 18.2 Å². The van der Waals surface area contributed by atoms with Crippen molar-refractivity contribution in [1.29, 1.82) is 0 Å². The molecule has 0 fully saturated rings. The number of rotatable bonds is 2. The first-order chi connectivity index (χ1) is 9.30. The summed E-state index contributed by atoms with van der Waals surface area (Å²) < 4.78 is 52.2. The van der Waals surface area contributed by atoms with Crippen LogP contribution in [0.5, 0.6) is 0 Å². The van der Waals surface area contributed by atoms with Gasteiger partial charge >= 0.3 is 12.1 Å². The predicted octanol–water partition coefficient (Wildman–Crippen LogP) is 3.60. The average molecular weight is 285 g/mol. The van der Waals surface area contributed by atoms with Crippen LogP contribution in [0, 0.1) is 5.82 Å². The minimum Gasteiger partial charge on any atom is -0.477 e. The molecular formula is C13H7F4NO2. The van der Waals surface area contributed by atoms with E-state index in [9.17, 15) is 22.4 Å². The molecule has 7 heteroatoms. The molecule has 0 amide bonds. The third kappa shape index (κ3) is 2.61. The number of carbonyl (C=O) groups is 1. The highest BCUT2D eigenvalue weighted by Gasteiger charge is 2.34. The van der Waals surface area contributed by atoms with Crippen LogP contribution in [0.1, 0.15) is 16.1 Å². The van der Waals surface area contributed by atoms with E-state index in [-0.39, 0.29) is 0 Å². The lowest BCUT2D eigenvalue weighted by atomic mass is 10.0. The molecule has 1 N–H and O–H groups in total. The summed E-state index contributed by atoms with van der Waals surface area (Å²) in [5, 5.41) is 8.77. The summed E-state index contributed by atoms with van der Waals surface area (Å²) in [7, 11) is 0. The molecule has 2 rings (SSSR count). The zero-order chi connectivity index (χ0) is 14.9. The number of nitrogens with zero attached hydrogens (tertiary/aromatic N) is 1. The van der Waals surface area contributed by atoms with Gasteiger partial charge in [0, 0.05) is 5.56 Å². The molecule has 0 aliphatic carbocycles. The van der Waals surface area contributed by atoms with Crippen molar-refractivity contribution < 1.29 is 27.5 Å². The van der Waals surface area contributed by atoms with Crippen molar-refractivity contribution >= 4 is 5.97 Å². The number of aromatic nitrogens is 1. The monoisotopic (exact) mass is 285 g/mol. The van der Waals surface area contributed by atoms with Crippen LogP contribution in [0.15, 0.2) is 36.4 Å². The SMILES string of the molecule is O=C(O)c1ccc(F)c(-c2ccccc2C(F)(F)F)n1. The Morgan fingerprint density at radius 3 is 2.35 bits per heavy atom. The Bertz CT molecular complexity index is 668. The Balaban J connectivity index is 2.69. The summed E-state index contributed by atoms with van der Waals surface area (Å²) >= 11 is 0. The van der Waals surface area contributed by atoms with Crippen LogP contribution in [0.2, 0.25) is 0 Å². The average Bonchev–Trinajstić information content (AvgIpc) is 2.38. The molecule has 0 aliphatic heterocycles. The smallest absolute Gasteiger partial charge is 0.417 e. The van der Waals surface area contributed by atoms with Gasteiger partial charge in [-0.15, -0.1) is 0 Å². The zero-order valence-corrected chi connectivity index (χ0v) is 9.78. The maximum atomic E-state index is 13.7. The standard InChI is InChI=1S/C13H7F4NO2/c14-9-5-6-10(12(19)20)18-11(9)7-3-1-2-4-8(7)13(15,16)17/h1-6H,(H,19,20). The van der Waals surface area contributed by atoms with E-state index in [0.717, 1.165) is 30.3 Å². The molecular weight excluding hydrogens is 278 g/mol. The summed E-state index contributed by atoms with van der Waals surface area (Å²) in [5.41, 5.74) is -2.74. The van der Waals surface area contributed by atoms with Gasteiger partial charge < -0.3 is 5.11 Å². The van der Waals surface area contributed by atoms with Crippen molar-refractivity contribution in [3.05, 3.63) is 53.5 Å². The van der Waals surface area contributed by atoms with Gasteiger partial charge in [0.15, 0.2) is 0 Å². The van der Waals surface area contributed by atoms with Gasteiger partial charge in [0.25, 0.3) is 0 Å². The summed E-state index contributed by atoms with van der Waals surface area (Å²) in [4.78, 5) is 14.2. The Hall–Kier alpha value is -2.44. The highest BCUT2D eigenvalue weighted by molar-refractivity contribution is 5.86. The fourth-order valence-electron chi connectivity index (χ4n) is 1.69. The van der Waals surface area contributed by atoms with Crippen molar-refractivity contribution in [3.8, 4) is 11.3 Å². The molecule has 0 unspecified atom stereocenters. The largest absolute Gasteiger partial charge is 0.477 e. The number of hydrogen-bond acceptors (Lipinski definition) is 2. The maximum absolute atomic E-state index is 13.7. The molecule has 0 spiro atoms. The van der Waals surface area contributed by atoms with Crippen molar-refractivity contribution in [3.63, 3.8) is 0 Å². The second kappa shape index (κ2) is 4.92. The summed E-state index contributed by atoms with van der Waals surface area (Å²) in [6, 6.07) is 5.93. The lowest BCUT2D eigenvalue weighted by Crippen LogP contribution is -2.09. The van der Waals surface area contributed by atoms with Gasteiger partial charge in [-0.1, -0.05) is 18.2 Å². The van der Waals surface area contributed by atoms with E-state index in [1.807, 2.05) is 0 Å². The van der Waals surface area contributed by atoms with E-state index < -0.39 is 40.5 Å². The van der Waals surface area contributed by atoms with Crippen LogP contribution in [0.25, 0.3) is 11.3 Å². The van der Waals surface area contributed by atoms with E-state index in [1.165, 1.54) is 6.07 Å². The number of hydrogen-bond donors (Lipinski definition) is 1. The molecule has 2 aromatic rings. The number of carboxylic acid groups (broad SMARTS) is 1. The van der Waals surface area contributed by atoms with Crippen LogP contribution in [-0.2, 0) is 6.18 Å². The molecule has 3 nitrogen and oxygen atoms in total. The predicted molar refractivity (Wildman–Crippen MR) is 61.6 cm³/mol. The van der Waals surface area contributed by atoms with Crippen LogP contribution in [0.3, 0.4) is 0 Å². The van der Waals surface area contributed by atoms with E-state index in [4.69, 9.17) is 5.11 Å². The van der Waals surface area contributed by atoms with Gasteiger partial charge in [-0.2, -0.15) is 13.2 Å². The van der Waals surface area contributed by atoms with Crippen molar-refractivity contribution in [1.82, 2.24) is 4.98 Å². The molecule has 0 bridgehead atoms. The second-order valence-electron chi connectivity index (χ2n) is 3.88. The van der Waals surface area contributed by atoms with E-state index >= 15 is 0 Å². The maximum Gasteiger partial charge on any atom is 0.417 e. The number of benzene rings is 1. The van der Waals surface area contributed by atoms with Crippen molar-refractivity contribution in [2.24, 2.45) is 0 Å².